The molecule has 0 aromatic heterocycles. The Balaban J connectivity index is 2.26. The Bertz CT molecular complexity index is 82.3. The molecule has 0 heteroatoms. The summed E-state index contributed by atoms with van der Waals surface area (Å²) in [4.78, 5) is 0. The first kappa shape index (κ1) is 4.71. The maximum absolute atomic E-state index is 3.07. The molecular formula is C7H9. The summed E-state index contributed by atoms with van der Waals surface area (Å²) < 4.78 is 0. The minimum absolute atomic E-state index is 1.01. The molecule has 0 aromatic carbocycles. The Labute approximate surface area is 44.9 Å². The lowest BCUT2D eigenvalue weighted by Gasteiger charge is -1.85. The van der Waals surface area contributed by atoms with Crippen LogP contribution in [0.25, 0.3) is 0 Å². The molecule has 0 fully saturated rings. The van der Waals surface area contributed by atoms with Crippen molar-refractivity contribution in [3.8, 4) is 11.8 Å². The predicted molar refractivity (Wildman–Crippen MR) is 30.5 cm³/mol. The molecule has 0 nitrogen and oxygen atoms in total. The largest absolute Gasteiger partial charge is 0.103 e. The van der Waals surface area contributed by atoms with Crippen molar-refractivity contribution in [1.29, 1.82) is 0 Å². The summed E-state index contributed by atoms with van der Waals surface area (Å²) in [5.74, 6) is 6.11. The van der Waals surface area contributed by atoms with Crippen LogP contribution in [-0.4, -0.2) is 0 Å². The van der Waals surface area contributed by atoms with E-state index in [1.165, 1.54) is 12.8 Å². The van der Waals surface area contributed by atoms with Crippen LogP contribution in [0, 0.1) is 18.3 Å². The smallest absolute Gasteiger partial charge is 0.0120 e. The minimum Gasteiger partial charge on any atom is -0.103 e. The van der Waals surface area contributed by atoms with Crippen LogP contribution in [0.5, 0.6) is 0 Å². The first-order valence-corrected chi connectivity index (χ1v) is 2.77. The molecule has 0 unspecified atom stereocenters. The first-order valence-electron chi connectivity index (χ1n) is 2.77. The molecule has 1 aliphatic rings. The van der Waals surface area contributed by atoms with Gasteiger partial charge in [-0.2, -0.15) is 0 Å². The second-order valence-corrected chi connectivity index (χ2v) is 1.74. The van der Waals surface area contributed by atoms with Gasteiger partial charge in [0.2, 0.25) is 0 Å². The molecule has 0 bridgehead atoms. The predicted octanol–water partition coefficient (Wildman–Crippen LogP) is 1.77. The summed E-state index contributed by atoms with van der Waals surface area (Å²) in [6.07, 6.45) is 6.89. The summed E-state index contributed by atoms with van der Waals surface area (Å²) in [5, 5.41) is 0. The Morgan fingerprint density at radius 1 is 1.29 bits per heavy atom. The molecule has 1 radical (unpaired) electrons. The number of rotatable bonds is 0. The third-order valence-corrected chi connectivity index (χ3v) is 1.08. The molecule has 0 aromatic rings. The van der Waals surface area contributed by atoms with E-state index in [2.05, 4.69) is 18.3 Å². The fraction of sp³-hybridized carbons (Fsp3) is 0.571. The Hall–Kier alpha value is -0.440. The molecule has 0 saturated carbocycles. The van der Waals surface area contributed by atoms with Crippen molar-refractivity contribution in [1.82, 2.24) is 0 Å². The highest BCUT2D eigenvalue weighted by atomic mass is 13.9. The summed E-state index contributed by atoms with van der Waals surface area (Å²) in [7, 11) is 0. The van der Waals surface area contributed by atoms with Gasteiger partial charge in [-0.25, -0.2) is 0 Å². The van der Waals surface area contributed by atoms with Gasteiger partial charge in [0.1, 0.15) is 0 Å². The lowest BCUT2D eigenvalue weighted by atomic mass is 10.2. The van der Waals surface area contributed by atoms with Crippen LogP contribution in [-0.2, 0) is 0 Å². The zero-order valence-corrected chi connectivity index (χ0v) is 4.41. The Kier molecular flexibility index (Phi) is 1.81. The van der Waals surface area contributed by atoms with Gasteiger partial charge in [0.25, 0.3) is 0 Å². The van der Waals surface area contributed by atoms with E-state index in [4.69, 9.17) is 0 Å². The fourth-order valence-electron chi connectivity index (χ4n) is 0.670. The third-order valence-electron chi connectivity index (χ3n) is 1.08. The molecule has 0 heterocycles. The Morgan fingerprint density at radius 3 is 3.29 bits per heavy atom. The second-order valence-electron chi connectivity index (χ2n) is 1.74. The van der Waals surface area contributed by atoms with Gasteiger partial charge in [-0.3, -0.25) is 0 Å². The first-order chi connectivity index (χ1) is 3.50. The minimum atomic E-state index is 1.01. The lowest BCUT2D eigenvalue weighted by Crippen LogP contribution is -1.69. The van der Waals surface area contributed by atoms with Gasteiger partial charge in [-0.1, -0.05) is 0 Å². The normalized spacial score (nSPS) is 19.4. The highest BCUT2D eigenvalue weighted by Gasteiger charge is 1.88. The second kappa shape index (κ2) is 2.69. The van der Waals surface area contributed by atoms with Gasteiger partial charge in [-0.15, -0.1) is 11.8 Å². The van der Waals surface area contributed by atoms with Gasteiger partial charge < -0.3 is 0 Å². The molecule has 0 amide bonds. The van der Waals surface area contributed by atoms with Crippen LogP contribution in [0.3, 0.4) is 0 Å². The monoisotopic (exact) mass is 93.1 g/mol. The number of hydrogen-bond donors (Lipinski definition) is 0. The molecule has 0 N–H and O–H groups in total. The van der Waals surface area contributed by atoms with E-state index in [1.54, 1.807) is 0 Å². The maximum Gasteiger partial charge on any atom is 0.0120 e. The number of hydrogen-bond acceptors (Lipinski definition) is 0. The van der Waals surface area contributed by atoms with Gasteiger partial charge in [0.15, 0.2) is 0 Å². The summed E-state index contributed by atoms with van der Waals surface area (Å²) in [6, 6.07) is 0. The molecule has 1 rings (SSSR count). The van der Waals surface area contributed by atoms with E-state index >= 15 is 0 Å². The van der Waals surface area contributed by atoms with E-state index in [-0.39, 0.29) is 0 Å². The van der Waals surface area contributed by atoms with Crippen LogP contribution in [0.1, 0.15) is 25.7 Å². The third kappa shape index (κ3) is 1.64. The van der Waals surface area contributed by atoms with Crippen LogP contribution in [0.4, 0.5) is 0 Å². The van der Waals surface area contributed by atoms with Crippen LogP contribution in [0.2, 0.25) is 0 Å². The standard InChI is InChI=1S/C7H9/c1-2-4-6-7-5-3-1/h1H,2-4,6H2. The molecule has 0 atom stereocenters. The van der Waals surface area contributed by atoms with E-state index < -0.39 is 0 Å². The summed E-state index contributed by atoms with van der Waals surface area (Å²) in [6.45, 7) is 0. The zero-order chi connectivity index (χ0) is 4.95. The van der Waals surface area contributed by atoms with Gasteiger partial charge >= 0.3 is 0 Å². The Morgan fingerprint density at radius 2 is 2.29 bits per heavy atom. The molecular weight excluding hydrogens is 84.1 g/mol. The van der Waals surface area contributed by atoms with E-state index in [1.807, 2.05) is 0 Å². The van der Waals surface area contributed by atoms with Crippen LogP contribution < -0.4 is 0 Å². The summed E-state index contributed by atoms with van der Waals surface area (Å²) in [5.41, 5.74) is 0. The average Bonchev–Trinajstić information content (AvgIpc) is 1.90. The van der Waals surface area contributed by atoms with E-state index in [9.17, 15) is 0 Å². The van der Waals surface area contributed by atoms with Crippen LogP contribution >= 0.6 is 0 Å². The van der Waals surface area contributed by atoms with Gasteiger partial charge in [0.05, 0.1) is 0 Å². The molecule has 0 spiro atoms. The highest BCUT2D eigenvalue weighted by Crippen LogP contribution is 2.03. The summed E-state index contributed by atoms with van der Waals surface area (Å²) >= 11 is 0. The van der Waals surface area contributed by atoms with Crippen molar-refractivity contribution in [2.24, 2.45) is 0 Å². The van der Waals surface area contributed by atoms with Crippen molar-refractivity contribution in [3.05, 3.63) is 6.42 Å². The SMILES string of the molecule is C1#CCCC[CH]C1. The molecule has 1 aliphatic carbocycles. The van der Waals surface area contributed by atoms with E-state index in [0.29, 0.717) is 0 Å². The van der Waals surface area contributed by atoms with Crippen molar-refractivity contribution in [3.63, 3.8) is 0 Å². The van der Waals surface area contributed by atoms with Crippen molar-refractivity contribution in [2.75, 3.05) is 0 Å². The van der Waals surface area contributed by atoms with Crippen molar-refractivity contribution < 1.29 is 0 Å². The lowest BCUT2D eigenvalue weighted by molar-refractivity contribution is 0.840. The molecule has 37 valence electrons. The highest BCUT2D eigenvalue weighted by molar-refractivity contribution is 5.04. The van der Waals surface area contributed by atoms with Crippen molar-refractivity contribution in [2.45, 2.75) is 25.7 Å². The topological polar surface area (TPSA) is 0 Å². The van der Waals surface area contributed by atoms with Gasteiger partial charge in [0, 0.05) is 12.8 Å². The maximum atomic E-state index is 3.07. The van der Waals surface area contributed by atoms with Crippen molar-refractivity contribution >= 4 is 0 Å². The average molecular weight is 93.1 g/mol. The quantitative estimate of drug-likeness (QED) is 0.400. The molecule has 0 aliphatic heterocycles. The van der Waals surface area contributed by atoms with Gasteiger partial charge in [-0.05, 0) is 19.3 Å². The fourth-order valence-corrected chi connectivity index (χ4v) is 0.670. The molecule has 0 saturated heterocycles. The van der Waals surface area contributed by atoms with Crippen LogP contribution in [0.15, 0.2) is 0 Å². The zero-order valence-electron chi connectivity index (χ0n) is 4.41. The van der Waals surface area contributed by atoms with E-state index in [0.717, 1.165) is 12.8 Å². The molecule has 7 heavy (non-hydrogen) atoms.